The van der Waals surface area contributed by atoms with Gasteiger partial charge in [-0.05, 0) is 49.1 Å². The van der Waals surface area contributed by atoms with E-state index in [9.17, 15) is 9.59 Å². The molecule has 1 aliphatic rings. The second-order valence-electron chi connectivity index (χ2n) is 6.37. The number of ether oxygens (including phenoxy) is 1. The van der Waals surface area contributed by atoms with Crippen LogP contribution in [0.3, 0.4) is 0 Å². The second kappa shape index (κ2) is 7.79. The molecule has 6 heteroatoms. The van der Waals surface area contributed by atoms with Crippen molar-refractivity contribution in [3.63, 3.8) is 0 Å². The molecule has 2 N–H and O–H groups in total. The van der Waals surface area contributed by atoms with Gasteiger partial charge in [0.2, 0.25) is 11.8 Å². The van der Waals surface area contributed by atoms with Gasteiger partial charge in [-0.2, -0.15) is 0 Å². The van der Waals surface area contributed by atoms with E-state index in [2.05, 4.69) is 10.6 Å². The van der Waals surface area contributed by atoms with Crippen LogP contribution >= 0.6 is 11.6 Å². The molecule has 136 valence electrons. The Bertz CT molecular complexity index is 801. The van der Waals surface area contributed by atoms with Crippen LogP contribution in [-0.4, -0.2) is 25.5 Å². The normalized spacial score (nSPS) is 14.4. The van der Waals surface area contributed by atoms with Crippen LogP contribution < -0.4 is 15.4 Å². The Balaban J connectivity index is 1.53. The summed E-state index contributed by atoms with van der Waals surface area (Å²) in [6.07, 6.45) is 1.80. The van der Waals surface area contributed by atoms with Crippen molar-refractivity contribution in [3.05, 3.63) is 59.1 Å². The smallest absolute Gasteiger partial charge is 0.240 e. The van der Waals surface area contributed by atoms with E-state index in [1.54, 1.807) is 31.4 Å². The van der Waals surface area contributed by atoms with E-state index in [1.165, 1.54) is 0 Å². The van der Waals surface area contributed by atoms with E-state index in [1.807, 2.05) is 24.3 Å². The van der Waals surface area contributed by atoms with Gasteiger partial charge in [-0.1, -0.05) is 35.9 Å². The van der Waals surface area contributed by atoms with Crippen LogP contribution in [0.4, 0.5) is 5.69 Å². The predicted molar refractivity (Wildman–Crippen MR) is 101 cm³/mol. The first kappa shape index (κ1) is 18.3. The molecule has 5 nitrogen and oxygen atoms in total. The first-order valence-electron chi connectivity index (χ1n) is 8.52. The number of amides is 2. The molecule has 2 aromatic rings. The van der Waals surface area contributed by atoms with Crippen molar-refractivity contribution in [2.24, 2.45) is 5.41 Å². The minimum atomic E-state index is -0.973. The average molecular weight is 373 g/mol. The predicted octanol–water partition coefficient (Wildman–Crippen LogP) is 3.43. The molecule has 3 rings (SSSR count). The summed E-state index contributed by atoms with van der Waals surface area (Å²) in [6.45, 7) is 0.478. The van der Waals surface area contributed by atoms with Gasteiger partial charge in [-0.15, -0.1) is 0 Å². The third kappa shape index (κ3) is 3.99. The Morgan fingerprint density at radius 2 is 1.77 bits per heavy atom. The summed E-state index contributed by atoms with van der Waals surface area (Å²) >= 11 is 6.07. The molecule has 0 radical (unpaired) electrons. The van der Waals surface area contributed by atoms with E-state index in [4.69, 9.17) is 16.3 Å². The minimum absolute atomic E-state index is 0.226. The Labute approximate surface area is 157 Å². The lowest BCUT2D eigenvalue weighted by Crippen LogP contribution is -2.40. The third-order valence-corrected chi connectivity index (χ3v) is 4.93. The van der Waals surface area contributed by atoms with Crippen molar-refractivity contribution >= 4 is 29.1 Å². The van der Waals surface area contributed by atoms with E-state index >= 15 is 0 Å². The van der Waals surface area contributed by atoms with Crippen molar-refractivity contribution in [1.82, 2.24) is 5.32 Å². The van der Waals surface area contributed by atoms with Gasteiger partial charge in [0.15, 0.2) is 0 Å². The maximum absolute atomic E-state index is 12.5. The number of carbonyl (C=O) groups is 2. The van der Waals surface area contributed by atoms with Crippen molar-refractivity contribution in [1.29, 1.82) is 0 Å². The van der Waals surface area contributed by atoms with Crippen LogP contribution in [-0.2, 0) is 16.0 Å². The molecule has 26 heavy (non-hydrogen) atoms. The van der Waals surface area contributed by atoms with Gasteiger partial charge in [-0.25, -0.2) is 0 Å². The quantitative estimate of drug-likeness (QED) is 0.732. The number of halogens is 1. The number of benzene rings is 2. The monoisotopic (exact) mass is 372 g/mol. The summed E-state index contributed by atoms with van der Waals surface area (Å²) in [5, 5.41) is 6.10. The molecule has 0 aliphatic heterocycles. The fourth-order valence-electron chi connectivity index (χ4n) is 2.77. The summed E-state index contributed by atoms with van der Waals surface area (Å²) in [5.74, 6) is 0.272. The number of methoxy groups -OCH3 is 1. The number of hydrogen-bond donors (Lipinski definition) is 2. The lowest BCUT2D eigenvalue weighted by Gasteiger charge is -2.16. The number of nitrogens with one attached hydrogen (secondary N) is 2. The maximum atomic E-state index is 12.5. The fourth-order valence-corrected chi connectivity index (χ4v) is 2.95. The zero-order chi connectivity index (χ0) is 18.6. The van der Waals surface area contributed by atoms with E-state index in [0.29, 0.717) is 36.5 Å². The molecule has 2 amide bonds. The summed E-state index contributed by atoms with van der Waals surface area (Å²) < 4.78 is 5.12. The van der Waals surface area contributed by atoms with Crippen molar-refractivity contribution in [3.8, 4) is 5.75 Å². The van der Waals surface area contributed by atoms with Gasteiger partial charge in [0.1, 0.15) is 11.2 Å². The highest BCUT2D eigenvalue weighted by atomic mass is 35.5. The van der Waals surface area contributed by atoms with Crippen LogP contribution in [0.1, 0.15) is 18.4 Å². The second-order valence-corrected chi connectivity index (χ2v) is 6.78. The topological polar surface area (TPSA) is 67.4 Å². The van der Waals surface area contributed by atoms with Gasteiger partial charge in [0.05, 0.1) is 17.8 Å². The summed E-state index contributed by atoms with van der Waals surface area (Å²) in [7, 11) is 1.62. The van der Waals surface area contributed by atoms with Gasteiger partial charge in [-0.3, -0.25) is 9.59 Å². The molecule has 0 bridgehead atoms. The molecule has 0 saturated heterocycles. The lowest BCUT2D eigenvalue weighted by molar-refractivity contribution is -0.134. The molecular weight excluding hydrogens is 352 g/mol. The molecule has 1 fully saturated rings. The molecule has 0 atom stereocenters. The number of hydrogen-bond acceptors (Lipinski definition) is 3. The van der Waals surface area contributed by atoms with E-state index in [0.717, 1.165) is 11.3 Å². The maximum Gasteiger partial charge on any atom is 0.240 e. The van der Waals surface area contributed by atoms with Crippen LogP contribution in [0.15, 0.2) is 48.5 Å². The standard InChI is InChI=1S/C20H21ClN2O3/c1-26-15-8-6-14(7-9-15)10-13-22-18(24)20(11-12-20)19(25)23-17-5-3-2-4-16(17)21/h2-9H,10-13H2,1H3,(H,22,24)(H,23,25). The summed E-state index contributed by atoms with van der Waals surface area (Å²) in [4.78, 5) is 25.1. The molecule has 0 unspecified atom stereocenters. The van der Waals surface area contributed by atoms with Crippen LogP contribution in [0, 0.1) is 5.41 Å². The Hall–Kier alpha value is -2.53. The average Bonchev–Trinajstić information content (AvgIpc) is 3.46. The first-order chi connectivity index (χ1) is 12.5. The SMILES string of the molecule is COc1ccc(CCNC(=O)C2(C(=O)Nc3ccccc3Cl)CC2)cc1. The van der Waals surface area contributed by atoms with Gasteiger partial charge in [0, 0.05) is 6.54 Å². The van der Waals surface area contributed by atoms with Gasteiger partial charge in [0.25, 0.3) is 0 Å². The molecule has 0 aromatic heterocycles. The number of anilines is 1. The molecule has 0 spiro atoms. The Morgan fingerprint density at radius 3 is 2.38 bits per heavy atom. The summed E-state index contributed by atoms with van der Waals surface area (Å²) in [6, 6.07) is 14.7. The third-order valence-electron chi connectivity index (χ3n) is 4.60. The van der Waals surface area contributed by atoms with Gasteiger partial charge < -0.3 is 15.4 Å². The highest BCUT2D eigenvalue weighted by Gasteiger charge is 2.56. The summed E-state index contributed by atoms with van der Waals surface area (Å²) in [5.41, 5.74) is 0.645. The van der Waals surface area contributed by atoms with Crippen molar-refractivity contribution in [2.45, 2.75) is 19.3 Å². The number of rotatable bonds is 7. The Morgan fingerprint density at radius 1 is 1.08 bits per heavy atom. The van der Waals surface area contributed by atoms with Crippen LogP contribution in [0.25, 0.3) is 0 Å². The van der Waals surface area contributed by atoms with Crippen LogP contribution in [0.5, 0.6) is 5.75 Å². The lowest BCUT2D eigenvalue weighted by atomic mass is 10.0. The molecule has 1 saturated carbocycles. The molecule has 1 aliphatic carbocycles. The van der Waals surface area contributed by atoms with Crippen LogP contribution in [0.2, 0.25) is 5.02 Å². The Kier molecular flexibility index (Phi) is 5.47. The van der Waals surface area contributed by atoms with E-state index < -0.39 is 5.41 Å². The largest absolute Gasteiger partial charge is 0.497 e. The van der Waals surface area contributed by atoms with Crippen molar-refractivity contribution in [2.75, 3.05) is 19.0 Å². The van der Waals surface area contributed by atoms with Gasteiger partial charge >= 0.3 is 0 Å². The zero-order valence-corrected chi connectivity index (χ0v) is 15.3. The van der Waals surface area contributed by atoms with Crippen molar-refractivity contribution < 1.29 is 14.3 Å². The zero-order valence-electron chi connectivity index (χ0n) is 14.5. The molecule has 2 aromatic carbocycles. The molecular formula is C20H21ClN2O3. The minimum Gasteiger partial charge on any atom is -0.497 e. The molecule has 0 heterocycles. The first-order valence-corrected chi connectivity index (χ1v) is 8.90. The fraction of sp³-hybridized carbons (Fsp3) is 0.300. The number of para-hydroxylation sites is 1. The van der Waals surface area contributed by atoms with E-state index in [-0.39, 0.29) is 11.8 Å². The highest BCUT2D eigenvalue weighted by molar-refractivity contribution is 6.34. The number of carbonyl (C=O) groups excluding carboxylic acids is 2. The highest BCUT2D eigenvalue weighted by Crippen LogP contribution is 2.47.